The monoisotopic (exact) mass is 242 g/mol. The summed E-state index contributed by atoms with van der Waals surface area (Å²) in [6.07, 6.45) is 3.67. The average molecular weight is 242 g/mol. The highest BCUT2D eigenvalue weighted by Gasteiger charge is 2.37. The number of carbonyl (C=O) groups is 2. The first-order valence-electron chi connectivity index (χ1n) is 5.92. The topological polar surface area (TPSA) is 78.9 Å². The summed E-state index contributed by atoms with van der Waals surface area (Å²) < 4.78 is 5.12. The number of nitrogens with zero attached hydrogens (tertiary/aromatic N) is 1. The molecule has 0 bridgehead atoms. The Balaban J connectivity index is 1.78. The summed E-state index contributed by atoms with van der Waals surface area (Å²) in [6, 6.07) is -0.0126. The SMILES string of the molecule is COC1CC(NC(=O)N(CC(=O)O)C2CC2)C1. The molecule has 0 aromatic rings. The van der Waals surface area contributed by atoms with Crippen LogP contribution in [0.15, 0.2) is 0 Å². The van der Waals surface area contributed by atoms with Crippen molar-refractivity contribution >= 4 is 12.0 Å². The molecule has 0 radical (unpaired) electrons. The Labute approximate surface area is 99.9 Å². The second-order valence-electron chi connectivity index (χ2n) is 4.73. The molecule has 0 unspecified atom stereocenters. The van der Waals surface area contributed by atoms with Gasteiger partial charge in [0.15, 0.2) is 0 Å². The molecule has 0 aromatic heterocycles. The molecule has 2 amide bonds. The smallest absolute Gasteiger partial charge is 0.323 e. The predicted molar refractivity (Wildman–Crippen MR) is 59.7 cm³/mol. The van der Waals surface area contributed by atoms with Crippen molar-refractivity contribution in [3.8, 4) is 0 Å². The van der Waals surface area contributed by atoms with Gasteiger partial charge in [-0.05, 0) is 25.7 Å². The summed E-state index contributed by atoms with van der Waals surface area (Å²) >= 11 is 0. The zero-order valence-corrected chi connectivity index (χ0v) is 9.89. The highest BCUT2D eigenvalue weighted by molar-refractivity contribution is 5.81. The number of nitrogens with one attached hydrogen (secondary N) is 1. The van der Waals surface area contributed by atoms with E-state index in [9.17, 15) is 9.59 Å². The minimum atomic E-state index is -0.963. The van der Waals surface area contributed by atoms with E-state index in [-0.39, 0.29) is 30.8 Å². The molecule has 2 fully saturated rings. The van der Waals surface area contributed by atoms with Crippen molar-refractivity contribution in [3.05, 3.63) is 0 Å². The van der Waals surface area contributed by atoms with Gasteiger partial charge in [-0.25, -0.2) is 4.79 Å². The summed E-state index contributed by atoms with van der Waals surface area (Å²) in [5.41, 5.74) is 0. The van der Waals surface area contributed by atoms with Crippen LogP contribution in [0.4, 0.5) is 4.79 Å². The van der Waals surface area contributed by atoms with Gasteiger partial charge in [0.25, 0.3) is 0 Å². The summed E-state index contributed by atoms with van der Waals surface area (Å²) in [5.74, 6) is -0.963. The molecule has 2 aliphatic carbocycles. The van der Waals surface area contributed by atoms with E-state index in [0.717, 1.165) is 25.7 Å². The van der Waals surface area contributed by atoms with Crippen molar-refractivity contribution in [2.45, 2.75) is 43.9 Å². The maximum absolute atomic E-state index is 11.9. The first-order valence-corrected chi connectivity index (χ1v) is 5.92. The molecular formula is C11H18N2O4. The third-order valence-electron chi connectivity index (χ3n) is 3.31. The summed E-state index contributed by atoms with van der Waals surface area (Å²) in [5, 5.41) is 11.6. The molecule has 96 valence electrons. The number of ether oxygens (including phenoxy) is 1. The fourth-order valence-corrected chi connectivity index (χ4v) is 2.03. The van der Waals surface area contributed by atoms with Crippen LogP contribution < -0.4 is 5.32 Å². The van der Waals surface area contributed by atoms with E-state index in [4.69, 9.17) is 9.84 Å². The van der Waals surface area contributed by atoms with Gasteiger partial charge in [-0.1, -0.05) is 0 Å². The van der Waals surface area contributed by atoms with Gasteiger partial charge in [-0.15, -0.1) is 0 Å². The number of hydrogen-bond acceptors (Lipinski definition) is 3. The van der Waals surface area contributed by atoms with Crippen LogP contribution in [-0.4, -0.2) is 53.8 Å². The number of methoxy groups -OCH3 is 1. The zero-order valence-electron chi connectivity index (χ0n) is 9.89. The fourth-order valence-electron chi connectivity index (χ4n) is 2.03. The lowest BCUT2D eigenvalue weighted by molar-refractivity contribution is -0.137. The highest BCUT2D eigenvalue weighted by Crippen LogP contribution is 2.28. The second-order valence-corrected chi connectivity index (χ2v) is 4.73. The Morgan fingerprint density at radius 1 is 1.41 bits per heavy atom. The van der Waals surface area contributed by atoms with Crippen molar-refractivity contribution in [1.29, 1.82) is 0 Å². The summed E-state index contributed by atoms with van der Waals surface area (Å²) in [7, 11) is 1.66. The van der Waals surface area contributed by atoms with Crippen LogP contribution in [0, 0.1) is 0 Å². The van der Waals surface area contributed by atoms with E-state index in [1.165, 1.54) is 4.90 Å². The van der Waals surface area contributed by atoms with E-state index in [1.54, 1.807) is 7.11 Å². The normalized spacial score (nSPS) is 27.1. The molecule has 2 aliphatic rings. The van der Waals surface area contributed by atoms with E-state index < -0.39 is 5.97 Å². The molecule has 6 nitrogen and oxygen atoms in total. The number of urea groups is 1. The lowest BCUT2D eigenvalue weighted by atomic mass is 9.89. The number of carboxylic acid groups (broad SMARTS) is 1. The summed E-state index contributed by atoms with van der Waals surface area (Å²) in [6.45, 7) is -0.211. The number of amides is 2. The molecular weight excluding hydrogens is 224 g/mol. The van der Waals surface area contributed by atoms with Gasteiger partial charge in [0, 0.05) is 19.2 Å². The first kappa shape index (κ1) is 12.2. The Morgan fingerprint density at radius 3 is 2.53 bits per heavy atom. The van der Waals surface area contributed by atoms with Crippen molar-refractivity contribution in [2.24, 2.45) is 0 Å². The largest absolute Gasteiger partial charge is 0.480 e. The predicted octanol–water partition coefficient (Wildman–Crippen LogP) is 0.422. The third kappa shape index (κ3) is 3.09. The van der Waals surface area contributed by atoms with Crippen LogP contribution in [0.2, 0.25) is 0 Å². The molecule has 2 N–H and O–H groups in total. The lowest BCUT2D eigenvalue weighted by Gasteiger charge is -2.36. The maximum atomic E-state index is 11.9. The van der Waals surface area contributed by atoms with Crippen LogP contribution in [0.25, 0.3) is 0 Å². The quantitative estimate of drug-likeness (QED) is 0.732. The molecule has 0 aliphatic heterocycles. The van der Waals surface area contributed by atoms with E-state index in [0.29, 0.717) is 0 Å². The molecule has 0 aromatic carbocycles. The molecule has 0 atom stereocenters. The van der Waals surface area contributed by atoms with Gasteiger partial charge in [-0.2, -0.15) is 0 Å². The minimum absolute atomic E-state index is 0.115. The number of carbonyl (C=O) groups excluding carboxylic acids is 1. The van der Waals surface area contributed by atoms with Gasteiger partial charge in [0.1, 0.15) is 6.54 Å². The second kappa shape index (κ2) is 4.91. The molecule has 0 heterocycles. The molecule has 2 saturated carbocycles. The van der Waals surface area contributed by atoms with Crippen molar-refractivity contribution < 1.29 is 19.4 Å². The zero-order chi connectivity index (χ0) is 12.4. The van der Waals surface area contributed by atoms with Crippen LogP contribution >= 0.6 is 0 Å². The fraction of sp³-hybridized carbons (Fsp3) is 0.818. The molecule has 6 heteroatoms. The maximum Gasteiger partial charge on any atom is 0.323 e. The van der Waals surface area contributed by atoms with Crippen LogP contribution in [-0.2, 0) is 9.53 Å². The van der Waals surface area contributed by atoms with Gasteiger partial charge < -0.3 is 20.1 Å². The van der Waals surface area contributed by atoms with Crippen LogP contribution in [0.3, 0.4) is 0 Å². The van der Waals surface area contributed by atoms with E-state index >= 15 is 0 Å². The van der Waals surface area contributed by atoms with E-state index in [1.807, 2.05) is 0 Å². The van der Waals surface area contributed by atoms with Crippen LogP contribution in [0.5, 0.6) is 0 Å². The number of aliphatic carboxylic acids is 1. The highest BCUT2D eigenvalue weighted by atomic mass is 16.5. The lowest BCUT2D eigenvalue weighted by Crippen LogP contribution is -2.53. The third-order valence-corrected chi connectivity index (χ3v) is 3.31. The molecule has 2 rings (SSSR count). The standard InChI is InChI=1S/C11H18N2O4/c1-17-9-4-7(5-9)12-11(16)13(6-10(14)15)8-2-3-8/h7-9H,2-6H2,1H3,(H,12,16)(H,14,15). The number of hydrogen-bond donors (Lipinski definition) is 2. The van der Waals surface area contributed by atoms with Crippen molar-refractivity contribution in [1.82, 2.24) is 10.2 Å². The average Bonchev–Trinajstić information content (AvgIpc) is 3.02. The van der Waals surface area contributed by atoms with E-state index in [2.05, 4.69) is 5.32 Å². The molecule has 17 heavy (non-hydrogen) atoms. The number of rotatable bonds is 5. The Morgan fingerprint density at radius 2 is 2.06 bits per heavy atom. The van der Waals surface area contributed by atoms with Gasteiger partial charge >= 0.3 is 12.0 Å². The van der Waals surface area contributed by atoms with Gasteiger partial charge in [-0.3, -0.25) is 4.79 Å². The molecule has 0 spiro atoms. The Bertz CT molecular complexity index is 311. The van der Waals surface area contributed by atoms with Crippen molar-refractivity contribution in [2.75, 3.05) is 13.7 Å². The van der Waals surface area contributed by atoms with Crippen molar-refractivity contribution in [3.63, 3.8) is 0 Å². The molecule has 0 saturated heterocycles. The minimum Gasteiger partial charge on any atom is -0.480 e. The van der Waals surface area contributed by atoms with Gasteiger partial charge in [0.2, 0.25) is 0 Å². The Kier molecular flexibility index (Phi) is 3.51. The summed E-state index contributed by atoms with van der Waals surface area (Å²) in [4.78, 5) is 24.0. The Hall–Kier alpha value is -1.30. The van der Waals surface area contributed by atoms with Gasteiger partial charge in [0.05, 0.1) is 6.10 Å². The van der Waals surface area contributed by atoms with Crippen LogP contribution in [0.1, 0.15) is 25.7 Å². The number of carboxylic acids is 1. The first-order chi connectivity index (χ1) is 8.10.